The molecular weight excluding hydrogens is 258 g/mol. The molecule has 4 heteroatoms. The van der Waals surface area contributed by atoms with E-state index in [0.717, 1.165) is 12.1 Å². The lowest BCUT2D eigenvalue weighted by Crippen LogP contribution is -2.26. The van der Waals surface area contributed by atoms with Crippen molar-refractivity contribution < 1.29 is 9.90 Å². The Balaban J connectivity index is 1.89. The largest absolute Gasteiger partial charge is 0.478 e. The van der Waals surface area contributed by atoms with Gasteiger partial charge in [-0.25, -0.2) is 4.79 Å². The van der Waals surface area contributed by atoms with Crippen LogP contribution < -0.4 is 0 Å². The van der Waals surface area contributed by atoms with Gasteiger partial charge in [0.25, 0.3) is 0 Å². The molecule has 0 atom stereocenters. The van der Waals surface area contributed by atoms with Crippen LogP contribution in [0.3, 0.4) is 0 Å². The molecule has 19 heavy (non-hydrogen) atoms. The Bertz CT molecular complexity index is 431. The predicted molar refractivity (Wildman–Crippen MR) is 79.4 cm³/mol. The zero-order valence-corrected chi connectivity index (χ0v) is 12.0. The smallest absolute Gasteiger partial charge is 0.328 e. The highest BCUT2D eigenvalue weighted by Gasteiger charge is 2.09. The summed E-state index contributed by atoms with van der Waals surface area (Å²) >= 11 is 1.72. The molecule has 0 aliphatic carbocycles. The molecule has 0 saturated carbocycles. The van der Waals surface area contributed by atoms with Gasteiger partial charge in [0.2, 0.25) is 0 Å². The number of nitrogens with zero attached hydrogens (tertiary/aromatic N) is 1. The van der Waals surface area contributed by atoms with Gasteiger partial charge in [0.15, 0.2) is 0 Å². The molecule has 1 N–H and O–H groups in total. The Kier molecular flexibility index (Phi) is 5.61. The average Bonchev–Trinajstić information content (AvgIpc) is 2.77. The number of carbonyl (C=O) groups is 1. The van der Waals surface area contributed by atoms with Gasteiger partial charge in [0, 0.05) is 17.5 Å². The lowest BCUT2D eigenvalue weighted by molar-refractivity contribution is -0.131. The molecule has 3 nitrogen and oxygen atoms in total. The molecule has 2 rings (SSSR count). The van der Waals surface area contributed by atoms with Gasteiger partial charge < -0.3 is 5.11 Å². The highest BCUT2D eigenvalue weighted by Crippen LogP contribution is 2.20. The maximum absolute atomic E-state index is 10.5. The maximum atomic E-state index is 10.5. The Morgan fingerprint density at radius 1 is 1.26 bits per heavy atom. The van der Waals surface area contributed by atoms with Crippen LogP contribution >= 0.6 is 11.3 Å². The Morgan fingerprint density at radius 3 is 2.63 bits per heavy atom. The molecular formula is C15H21NO2S. The number of aliphatic carboxylic acids is 1. The van der Waals surface area contributed by atoms with Gasteiger partial charge in [-0.15, -0.1) is 11.3 Å². The summed E-state index contributed by atoms with van der Waals surface area (Å²) in [7, 11) is 0. The molecule has 104 valence electrons. The van der Waals surface area contributed by atoms with Gasteiger partial charge >= 0.3 is 5.97 Å². The summed E-state index contributed by atoms with van der Waals surface area (Å²) < 4.78 is 0. The summed E-state index contributed by atoms with van der Waals surface area (Å²) in [4.78, 5) is 14.3. The van der Waals surface area contributed by atoms with E-state index in [1.165, 1.54) is 56.1 Å². The lowest BCUT2D eigenvalue weighted by atomic mass is 10.1. The minimum Gasteiger partial charge on any atom is -0.478 e. The molecule has 0 radical (unpaired) electrons. The van der Waals surface area contributed by atoms with E-state index < -0.39 is 5.97 Å². The van der Waals surface area contributed by atoms with E-state index in [2.05, 4.69) is 11.0 Å². The molecule has 1 saturated heterocycles. The van der Waals surface area contributed by atoms with Gasteiger partial charge in [0.05, 0.1) is 0 Å². The van der Waals surface area contributed by atoms with E-state index in [1.807, 2.05) is 5.38 Å². The quantitative estimate of drug-likeness (QED) is 0.856. The second kappa shape index (κ2) is 7.46. The number of carboxylic acids is 1. The van der Waals surface area contributed by atoms with Crippen molar-refractivity contribution >= 4 is 23.4 Å². The summed E-state index contributed by atoms with van der Waals surface area (Å²) in [6.07, 6.45) is 9.56. The fourth-order valence-electron chi connectivity index (χ4n) is 2.43. The van der Waals surface area contributed by atoms with Gasteiger partial charge in [-0.3, -0.25) is 4.90 Å². The van der Waals surface area contributed by atoms with Gasteiger partial charge in [-0.05, 0) is 49.0 Å². The lowest BCUT2D eigenvalue weighted by Gasteiger charge is -2.23. The van der Waals surface area contributed by atoms with Crippen LogP contribution in [-0.4, -0.2) is 29.1 Å². The van der Waals surface area contributed by atoms with Crippen molar-refractivity contribution in [2.24, 2.45) is 0 Å². The third kappa shape index (κ3) is 5.17. The minimum absolute atomic E-state index is 0.892. The van der Waals surface area contributed by atoms with Crippen molar-refractivity contribution in [3.8, 4) is 0 Å². The molecule has 1 aliphatic rings. The zero-order chi connectivity index (χ0) is 13.5. The van der Waals surface area contributed by atoms with Crippen molar-refractivity contribution in [1.29, 1.82) is 0 Å². The highest BCUT2D eigenvalue weighted by molar-refractivity contribution is 7.10. The topological polar surface area (TPSA) is 40.5 Å². The summed E-state index contributed by atoms with van der Waals surface area (Å²) in [5.74, 6) is -0.892. The van der Waals surface area contributed by atoms with Crippen molar-refractivity contribution in [2.75, 3.05) is 13.1 Å². The molecule has 0 aromatic carbocycles. The monoisotopic (exact) mass is 279 g/mol. The van der Waals surface area contributed by atoms with E-state index in [9.17, 15) is 4.79 Å². The van der Waals surface area contributed by atoms with E-state index in [1.54, 1.807) is 17.4 Å². The third-order valence-corrected chi connectivity index (χ3v) is 4.36. The first-order valence-electron chi connectivity index (χ1n) is 6.95. The van der Waals surface area contributed by atoms with Gasteiger partial charge in [0.1, 0.15) is 0 Å². The first-order valence-corrected chi connectivity index (χ1v) is 7.83. The summed E-state index contributed by atoms with van der Waals surface area (Å²) in [6.45, 7) is 3.39. The second-order valence-electron chi connectivity index (χ2n) is 5.06. The minimum atomic E-state index is -0.892. The molecule has 0 spiro atoms. The van der Waals surface area contributed by atoms with E-state index in [-0.39, 0.29) is 0 Å². The van der Waals surface area contributed by atoms with Crippen LogP contribution in [0.15, 0.2) is 17.5 Å². The molecule has 1 fully saturated rings. The molecule has 1 aromatic heterocycles. The third-order valence-electron chi connectivity index (χ3n) is 3.42. The molecule has 0 amide bonds. The van der Waals surface area contributed by atoms with Crippen molar-refractivity contribution in [3.05, 3.63) is 28.0 Å². The fraction of sp³-hybridized carbons (Fsp3) is 0.533. The van der Waals surface area contributed by atoms with Crippen LogP contribution in [-0.2, 0) is 11.3 Å². The van der Waals surface area contributed by atoms with Crippen LogP contribution in [0, 0.1) is 0 Å². The van der Waals surface area contributed by atoms with E-state index in [0.29, 0.717) is 0 Å². The van der Waals surface area contributed by atoms with Crippen molar-refractivity contribution in [1.82, 2.24) is 4.90 Å². The Morgan fingerprint density at radius 2 is 1.95 bits per heavy atom. The van der Waals surface area contributed by atoms with Crippen LogP contribution in [0.1, 0.15) is 42.5 Å². The first-order chi connectivity index (χ1) is 9.24. The molecule has 0 unspecified atom stereocenters. The maximum Gasteiger partial charge on any atom is 0.328 e. The molecule has 0 bridgehead atoms. The van der Waals surface area contributed by atoms with Crippen LogP contribution in [0.25, 0.3) is 6.08 Å². The zero-order valence-electron chi connectivity index (χ0n) is 11.2. The predicted octanol–water partition coefficient (Wildman–Crippen LogP) is 3.61. The molecule has 1 aliphatic heterocycles. The number of rotatable bonds is 4. The molecule has 2 heterocycles. The fourth-order valence-corrected chi connectivity index (χ4v) is 3.32. The van der Waals surface area contributed by atoms with E-state index >= 15 is 0 Å². The van der Waals surface area contributed by atoms with Crippen LogP contribution in [0.2, 0.25) is 0 Å². The Labute approximate surface area is 118 Å². The number of hydrogen-bond donors (Lipinski definition) is 1. The SMILES string of the molecule is O=C(O)C=Cc1csc(CN2CCCCCCC2)c1. The highest BCUT2D eigenvalue weighted by atomic mass is 32.1. The number of likely N-dealkylation sites (tertiary alicyclic amines) is 1. The number of hydrogen-bond acceptors (Lipinski definition) is 3. The summed E-state index contributed by atoms with van der Waals surface area (Å²) in [5, 5.41) is 10.6. The summed E-state index contributed by atoms with van der Waals surface area (Å²) in [6, 6.07) is 2.10. The van der Waals surface area contributed by atoms with E-state index in [4.69, 9.17) is 5.11 Å². The van der Waals surface area contributed by atoms with Gasteiger partial charge in [-0.1, -0.05) is 19.3 Å². The standard InChI is InChI=1S/C15H21NO2S/c17-15(18)7-6-13-10-14(19-12-13)11-16-8-4-2-1-3-5-9-16/h6-7,10,12H,1-5,8-9,11H2,(H,17,18). The van der Waals surface area contributed by atoms with Gasteiger partial charge in [-0.2, -0.15) is 0 Å². The first kappa shape index (κ1) is 14.3. The Hall–Kier alpha value is -1.13. The van der Waals surface area contributed by atoms with Crippen LogP contribution in [0.4, 0.5) is 0 Å². The average molecular weight is 279 g/mol. The van der Waals surface area contributed by atoms with Crippen LogP contribution in [0.5, 0.6) is 0 Å². The number of thiophene rings is 1. The number of carboxylic acid groups (broad SMARTS) is 1. The summed E-state index contributed by atoms with van der Waals surface area (Å²) in [5.41, 5.74) is 0.995. The second-order valence-corrected chi connectivity index (χ2v) is 6.06. The molecule has 1 aromatic rings. The van der Waals surface area contributed by atoms with Crippen molar-refractivity contribution in [2.45, 2.75) is 38.6 Å². The normalized spacial score (nSPS) is 18.3. The van der Waals surface area contributed by atoms with Crippen molar-refractivity contribution in [3.63, 3.8) is 0 Å².